The van der Waals surface area contributed by atoms with E-state index in [0.717, 1.165) is 0 Å². The first-order chi connectivity index (χ1) is 10.6. The second kappa shape index (κ2) is 7.87. The summed E-state index contributed by atoms with van der Waals surface area (Å²) in [5, 5.41) is 19.0. The average Bonchev–Trinajstić information content (AvgIpc) is 2.43. The minimum atomic E-state index is -1.24. The number of ether oxygens (including phenoxy) is 1. The maximum absolute atomic E-state index is 12.1. The van der Waals surface area contributed by atoms with E-state index in [-0.39, 0.29) is 13.0 Å². The molecule has 2 N–H and O–H groups in total. The Morgan fingerprint density at radius 2 is 1.70 bits per heavy atom. The number of aliphatic carboxylic acids is 1. The first-order valence-electron chi connectivity index (χ1n) is 7.28. The zero-order valence-electron chi connectivity index (χ0n) is 13.5. The van der Waals surface area contributed by atoms with E-state index in [1.54, 1.807) is 51.1 Å². The molecule has 0 fully saturated rings. The van der Waals surface area contributed by atoms with Crippen LogP contribution < -0.4 is 0 Å². The number of esters is 1. The molecular formula is C17H22O6. The van der Waals surface area contributed by atoms with E-state index in [1.807, 2.05) is 0 Å². The van der Waals surface area contributed by atoms with E-state index in [4.69, 9.17) is 4.74 Å². The number of hydrogen-bond donors (Lipinski definition) is 2. The van der Waals surface area contributed by atoms with E-state index in [1.165, 1.54) is 0 Å². The molecule has 0 aromatic heterocycles. The van der Waals surface area contributed by atoms with Crippen molar-refractivity contribution in [3.05, 3.63) is 35.9 Å². The van der Waals surface area contributed by atoms with Gasteiger partial charge in [0.2, 0.25) is 0 Å². The van der Waals surface area contributed by atoms with Gasteiger partial charge in [-0.2, -0.15) is 0 Å². The van der Waals surface area contributed by atoms with Gasteiger partial charge in [-0.1, -0.05) is 39.0 Å². The van der Waals surface area contributed by atoms with Crippen LogP contribution in [-0.2, 0) is 14.3 Å². The van der Waals surface area contributed by atoms with Crippen LogP contribution in [0.2, 0.25) is 0 Å². The van der Waals surface area contributed by atoms with Crippen molar-refractivity contribution in [3.8, 4) is 0 Å². The Labute approximate surface area is 135 Å². The molecule has 0 heterocycles. The number of hydrogen-bond acceptors (Lipinski definition) is 5. The van der Waals surface area contributed by atoms with Gasteiger partial charge in [0.1, 0.15) is 18.3 Å². The predicted octanol–water partition coefficient (Wildman–Crippen LogP) is 1.91. The molecule has 1 aromatic rings. The predicted molar refractivity (Wildman–Crippen MR) is 82.9 cm³/mol. The molecule has 1 unspecified atom stereocenters. The molecule has 6 nitrogen and oxygen atoms in total. The Balaban J connectivity index is 2.56. The second-order valence-corrected chi connectivity index (χ2v) is 6.43. The summed E-state index contributed by atoms with van der Waals surface area (Å²) in [5.74, 6) is -3.64. The number of carboxylic acid groups (broad SMARTS) is 1. The van der Waals surface area contributed by atoms with Crippen molar-refractivity contribution in [1.29, 1.82) is 0 Å². The van der Waals surface area contributed by atoms with Crippen molar-refractivity contribution in [3.63, 3.8) is 0 Å². The van der Waals surface area contributed by atoms with Crippen LogP contribution in [0.5, 0.6) is 0 Å². The van der Waals surface area contributed by atoms with Crippen LogP contribution in [0.15, 0.2) is 30.3 Å². The SMILES string of the molecule is CC(C)(C)[C@H](C(=O)O)C(=O)CC(O)COC(=O)c1ccccc1. The summed E-state index contributed by atoms with van der Waals surface area (Å²) in [5.41, 5.74) is -0.423. The number of benzene rings is 1. The number of Topliss-reactive ketones (excluding diaryl/α,β-unsaturated/α-hetero) is 1. The van der Waals surface area contributed by atoms with Gasteiger partial charge in [-0.15, -0.1) is 0 Å². The van der Waals surface area contributed by atoms with Crippen LogP contribution in [0.3, 0.4) is 0 Å². The fraction of sp³-hybridized carbons (Fsp3) is 0.471. The smallest absolute Gasteiger partial charge is 0.338 e. The van der Waals surface area contributed by atoms with Crippen LogP contribution in [0.4, 0.5) is 0 Å². The highest BCUT2D eigenvalue weighted by molar-refractivity contribution is 5.99. The quantitative estimate of drug-likeness (QED) is 0.587. The van der Waals surface area contributed by atoms with Crippen molar-refractivity contribution >= 4 is 17.7 Å². The lowest BCUT2D eigenvalue weighted by Gasteiger charge is -2.26. The highest BCUT2D eigenvalue weighted by Gasteiger charge is 2.38. The Morgan fingerprint density at radius 1 is 1.13 bits per heavy atom. The van der Waals surface area contributed by atoms with Gasteiger partial charge in [0.05, 0.1) is 11.7 Å². The fourth-order valence-electron chi connectivity index (χ4n) is 2.23. The Morgan fingerprint density at radius 3 is 2.17 bits per heavy atom. The van der Waals surface area contributed by atoms with E-state index in [0.29, 0.717) is 5.56 Å². The van der Waals surface area contributed by atoms with Crippen molar-refractivity contribution in [2.45, 2.75) is 33.3 Å². The third-order valence-corrected chi connectivity index (χ3v) is 3.29. The summed E-state index contributed by atoms with van der Waals surface area (Å²) in [6, 6.07) is 8.25. The molecule has 0 saturated carbocycles. The molecule has 6 heteroatoms. The summed E-state index contributed by atoms with van der Waals surface area (Å²) in [6.45, 7) is 4.57. The van der Waals surface area contributed by atoms with Crippen LogP contribution in [0.1, 0.15) is 37.6 Å². The van der Waals surface area contributed by atoms with Gasteiger partial charge in [-0.3, -0.25) is 9.59 Å². The molecule has 0 aliphatic carbocycles. The number of aliphatic hydroxyl groups is 1. The largest absolute Gasteiger partial charge is 0.481 e. The molecule has 0 aliphatic heterocycles. The Hall–Kier alpha value is -2.21. The number of ketones is 1. The molecule has 2 atom stereocenters. The lowest BCUT2D eigenvalue weighted by molar-refractivity contribution is -0.151. The maximum atomic E-state index is 12.1. The molecule has 0 radical (unpaired) electrons. The minimum Gasteiger partial charge on any atom is -0.481 e. The summed E-state index contributed by atoms with van der Waals surface area (Å²) in [4.78, 5) is 35.0. The lowest BCUT2D eigenvalue weighted by Crippen LogP contribution is -2.37. The number of carbonyl (C=O) groups excluding carboxylic acids is 2. The van der Waals surface area contributed by atoms with Gasteiger partial charge < -0.3 is 14.9 Å². The molecule has 0 spiro atoms. The van der Waals surface area contributed by atoms with E-state index < -0.39 is 35.2 Å². The van der Waals surface area contributed by atoms with Crippen molar-refractivity contribution in [2.24, 2.45) is 11.3 Å². The average molecular weight is 322 g/mol. The summed E-state index contributed by atoms with van der Waals surface area (Å²) in [7, 11) is 0. The third kappa shape index (κ3) is 5.83. The van der Waals surface area contributed by atoms with Gasteiger partial charge in [0.25, 0.3) is 0 Å². The molecule has 23 heavy (non-hydrogen) atoms. The van der Waals surface area contributed by atoms with Crippen LogP contribution in [0, 0.1) is 11.3 Å². The standard InChI is InChI=1S/C17H22O6/c1-17(2,3)14(15(20)21)13(19)9-12(18)10-23-16(22)11-7-5-4-6-8-11/h4-8,12,14,18H,9-10H2,1-3H3,(H,20,21)/t12?,14-/m0/s1. The van der Waals surface area contributed by atoms with Gasteiger partial charge in [-0.05, 0) is 17.5 Å². The molecule has 0 saturated heterocycles. The second-order valence-electron chi connectivity index (χ2n) is 6.43. The summed E-state index contributed by atoms with van der Waals surface area (Å²) < 4.78 is 4.93. The zero-order valence-corrected chi connectivity index (χ0v) is 13.5. The lowest BCUT2D eigenvalue weighted by atomic mass is 9.77. The number of rotatable bonds is 7. The number of carboxylic acids is 1. The summed E-state index contributed by atoms with van der Waals surface area (Å²) in [6.07, 6.45) is -1.62. The van der Waals surface area contributed by atoms with Gasteiger partial charge in [0.15, 0.2) is 0 Å². The minimum absolute atomic E-state index is 0.337. The molecule has 1 rings (SSSR count). The Kier molecular flexibility index (Phi) is 6.45. The number of carbonyl (C=O) groups is 3. The maximum Gasteiger partial charge on any atom is 0.338 e. The molecule has 0 amide bonds. The molecule has 126 valence electrons. The van der Waals surface area contributed by atoms with Gasteiger partial charge in [0, 0.05) is 6.42 Å². The van der Waals surface area contributed by atoms with Gasteiger partial charge >= 0.3 is 11.9 Å². The highest BCUT2D eigenvalue weighted by atomic mass is 16.5. The molecule has 0 aliphatic rings. The zero-order chi connectivity index (χ0) is 17.6. The highest BCUT2D eigenvalue weighted by Crippen LogP contribution is 2.28. The molecular weight excluding hydrogens is 300 g/mol. The van der Waals surface area contributed by atoms with Crippen LogP contribution in [-0.4, -0.2) is 40.6 Å². The van der Waals surface area contributed by atoms with Crippen molar-refractivity contribution < 1.29 is 29.3 Å². The van der Waals surface area contributed by atoms with E-state index in [2.05, 4.69) is 0 Å². The molecule has 1 aromatic carbocycles. The topological polar surface area (TPSA) is 101 Å². The number of aliphatic hydroxyl groups excluding tert-OH is 1. The normalized spacial score (nSPS) is 13.9. The third-order valence-electron chi connectivity index (χ3n) is 3.29. The van der Waals surface area contributed by atoms with Crippen molar-refractivity contribution in [2.75, 3.05) is 6.61 Å². The van der Waals surface area contributed by atoms with Crippen LogP contribution >= 0.6 is 0 Å². The summed E-state index contributed by atoms with van der Waals surface area (Å²) >= 11 is 0. The fourth-order valence-corrected chi connectivity index (χ4v) is 2.23. The van der Waals surface area contributed by atoms with Crippen molar-refractivity contribution in [1.82, 2.24) is 0 Å². The Bertz CT molecular complexity index is 558. The monoisotopic (exact) mass is 322 g/mol. The first kappa shape index (κ1) is 18.8. The first-order valence-corrected chi connectivity index (χ1v) is 7.28. The van der Waals surface area contributed by atoms with E-state index >= 15 is 0 Å². The van der Waals surface area contributed by atoms with E-state index in [9.17, 15) is 24.6 Å². The molecule has 0 bridgehead atoms. The van der Waals surface area contributed by atoms with Crippen LogP contribution in [0.25, 0.3) is 0 Å². The van der Waals surface area contributed by atoms with Gasteiger partial charge in [-0.25, -0.2) is 4.79 Å².